The first kappa shape index (κ1) is 13.2. The van der Waals surface area contributed by atoms with Gasteiger partial charge in [0.1, 0.15) is 0 Å². The predicted molar refractivity (Wildman–Crippen MR) is 64.9 cm³/mol. The highest BCUT2D eigenvalue weighted by Gasteiger charge is 2.08. The Morgan fingerprint density at radius 2 is 2.00 bits per heavy atom. The van der Waals surface area contributed by atoms with Crippen LogP contribution in [0.4, 0.5) is 0 Å². The molecule has 0 aliphatic carbocycles. The fraction of sp³-hybridized carbons (Fsp3) is 0.273. The third-order valence-electron chi connectivity index (χ3n) is 2.00. The van der Waals surface area contributed by atoms with E-state index in [0.717, 1.165) is 10.0 Å². The molecule has 0 fully saturated rings. The zero-order valence-corrected chi connectivity index (χ0v) is 10.7. The highest BCUT2D eigenvalue weighted by atomic mass is 79.9. The number of hydrogen-bond acceptors (Lipinski definition) is 2. The summed E-state index contributed by atoms with van der Waals surface area (Å²) in [7, 11) is 0. The van der Waals surface area contributed by atoms with E-state index in [9.17, 15) is 9.59 Å². The number of carboxylic acids is 1. The van der Waals surface area contributed by atoms with Crippen LogP contribution in [0.1, 0.15) is 11.1 Å². The van der Waals surface area contributed by atoms with Gasteiger partial charge in [-0.25, -0.2) is 0 Å². The molecule has 0 amide bonds. The van der Waals surface area contributed by atoms with E-state index in [-0.39, 0.29) is 24.5 Å². The second-order valence-electron chi connectivity index (χ2n) is 3.35. The maximum atomic E-state index is 11.1. The van der Waals surface area contributed by atoms with E-state index >= 15 is 0 Å². The van der Waals surface area contributed by atoms with Gasteiger partial charge in [0.05, 0.1) is 12.3 Å². The minimum absolute atomic E-state index is 0.0235. The van der Waals surface area contributed by atoms with Crippen LogP contribution >= 0.6 is 27.5 Å². The van der Waals surface area contributed by atoms with Gasteiger partial charge in [0, 0.05) is 10.9 Å². The Morgan fingerprint density at radius 1 is 1.31 bits per heavy atom. The van der Waals surface area contributed by atoms with Gasteiger partial charge in [-0.3, -0.25) is 9.59 Å². The van der Waals surface area contributed by atoms with Crippen LogP contribution in [0.25, 0.3) is 0 Å². The summed E-state index contributed by atoms with van der Waals surface area (Å²) in [6.45, 7) is 0. The fourth-order valence-electron chi connectivity index (χ4n) is 1.31. The highest BCUT2D eigenvalue weighted by molar-refractivity contribution is 9.10. The molecule has 1 rings (SSSR count). The molecular formula is C11H10BrClO3. The third kappa shape index (κ3) is 3.94. The summed E-state index contributed by atoms with van der Waals surface area (Å²) in [5, 5.41) is 8.70. The van der Waals surface area contributed by atoms with Crippen molar-refractivity contribution in [2.45, 2.75) is 12.8 Å². The number of alkyl halides is 1. The van der Waals surface area contributed by atoms with Crippen molar-refractivity contribution in [3.8, 4) is 0 Å². The van der Waals surface area contributed by atoms with Crippen LogP contribution in [-0.2, 0) is 22.4 Å². The number of aliphatic carboxylic acids is 1. The standard InChI is InChI=1S/C11H10BrClO3/c12-10-2-1-7(4-9(14)6-13)3-8(10)5-11(15)16/h1-3H,4-6H2,(H,15,16). The van der Waals surface area contributed by atoms with Crippen LogP contribution in [0.5, 0.6) is 0 Å². The van der Waals surface area contributed by atoms with Gasteiger partial charge >= 0.3 is 5.97 Å². The summed E-state index contributed by atoms with van der Waals surface area (Å²) in [5.74, 6) is -1.00. The molecule has 86 valence electrons. The van der Waals surface area contributed by atoms with Crippen LogP contribution < -0.4 is 0 Å². The number of carbonyl (C=O) groups is 2. The smallest absolute Gasteiger partial charge is 0.307 e. The van der Waals surface area contributed by atoms with E-state index in [2.05, 4.69) is 15.9 Å². The Morgan fingerprint density at radius 3 is 2.56 bits per heavy atom. The van der Waals surface area contributed by atoms with Crippen molar-refractivity contribution in [1.29, 1.82) is 0 Å². The molecule has 16 heavy (non-hydrogen) atoms. The van der Waals surface area contributed by atoms with Crippen LogP contribution in [0.2, 0.25) is 0 Å². The number of hydrogen-bond donors (Lipinski definition) is 1. The number of carbonyl (C=O) groups excluding carboxylic acids is 1. The fourth-order valence-corrected chi connectivity index (χ4v) is 1.79. The van der Waals surface area contributed by atoms with Crippen LogP contribution in [0.3, 0.4) is 0 Å². The number of benzene rings is 1. The number of ketones is 1. The summed E-state index contributed by atoms with van der Waals surface area (Å²) < 4.78 is 0.733. The van der Waals surface area contributed by atoms with Crippen LogP contribution in [-0.4, -0.2) is 22.7 Å². The second-order valence-corrected chi connectivity index (χ2v) is 4.47. The first-order chi connectivity index (χ1) is 7.52. The topological polar surface area (TPSA) is 54.4 Å². The molecule has 0 heterocycles. The lowest BCUT2D eigenvalue weighted by atomic mass is 10.0. The molecule has 0 unspecified atom stereocenters. The first-order valence-corrected chi connectivity index (χ1v) is 5.92. The number of Topliss-reactive ketones (excluding diaryl/α,β-unsaturated/α-hetero) is 1. The van der Waals surface area contributed by atoms with Crippen molar-refractivity contribution in [3.63, 3.8) is 0 Å². The average molecular weight is 306 g/mol. The van der Waals surface area contributed by atoms with Crippen LogP contribution in [0, 0.1) is 0 Å². The van der Waals surface area contributed by atoms with E-state index in [4.69, 9.17) is 16.7 Å². The molecule has 0 saturated carbocycles. The van der Waals surface area contributed by atoms with E-state index in [0.29, 0.717) is 5.56 Å². The Kier molecular flexibility index (Phi) is 4.96. The lowest BCUT2D eigenvalue weighted by Gasteiger charge is -2.05. The summed E-state index contributed by atoms with van der Waals surface area (Å²) in [5.41, 5.74) is 1.44. The minimum Gasteiger partial charge on any atom is -0.481 e. The molecule has 5 heteroatoms. The van der Waals surface area contributed by atoms with Crippen molar-refractivity contribution in [2.75, 3.05) is 5.88 Å². The maximum Gasteiger partial charge on any atom is 0.307 e. The molecule has 0 bridgehead atoms. The van der Waals surface area contributed by atoms with Crippen molar-refractivity contribution in [1.82, 2.24) is 0 Å². The van der Waals surface area contributed by atoms with Gasteiger partial charge in [-0.15, -0.1) is 11.6 Å². The summed E-state index contributed by atoms with van der Waals surface area (Å²) in [6.07, 6.45) is 0.173. The van der Waals surface area contributed by atoms with Gasteiger partial charge in [-0.1, -0.05) is 28.1 Å². The molecular weight excluding hydrogens is 295 g/mol. The highest BCUT2D eigenvalue weighted by Crippen LogP contribution is 2.19. The Balaban J connectivity index is 2.88. The molecule has 1 aromatic rings. The van der Waals surface area contributed by atoms with Gasteiger partial charge in [0.15, 0.2) is 5.78 Å². The lowest BCUT2D eigenvalue weighted by molar-refractivity contribution is -0.136. The number of halogens is 2. The van der Waals surface area contributed by atoms with Crippen LogP contribution in [0.15, 0.2) is 22.7 Å². The SMILES string of the molecule is O=C(O)Cc1cc(CC(=O)CCl)ccc1Br. The second kappa shape index (κ2) is 6.01. The van der Waals surface area contributed by atoms with Crippen molar-refractivity contribution in [3.05, 3.63) is 33.8 Å². The molecule has 0 radical (unpaired) electrons. The lowest BCUT2D eigenvalue weighted by Crippen LogP contribution is -2.06. The molecule has 0 spiro atoms. The van der Waals surface area contributed by atoms with Crippen molar-refractivity contribution in [2.24, 2.45) is 0 Å². The Labute approximate surface area is 107 Å². The normalized spacial score (nSPS) is 10.1. The summed E-state index contributed by atoms with van der Waals surface area (Å²) in [6, 6.07) is 5.23. The minimum atomic E-state index is -0.901. The molecule has 1 N–H and O–H groups in total. The summed E-state index contributed by atoms with van der Waals surface area (Å²) in [4.78, 5) is 21.7. The van der Waals surface area contributed by atoms with Gasteiger partial charge in [0.2, 0.25) is 0 Å². The molecule has 0 atom stereocenters. The zero-order chi connectivity index (χ0) is 12.1. The van der Waals surface area contributed by atoms with Gasteiger partial charge in [-0.2, -0.15) is 0 Å². The third-order valence-corrected chi connectivity index (χ3v) is 3.07. The zero-order valence-electron chi connectivity index (χ0n) is 8.37. The monoisotopic (exact) mass is 304 g/mol. The van der Waals surface area contributed by atoms with Gasteiger partial charge in [-0.05, 0) is 17.2 Å². The van der Waals surface area contributed by atoms with E-state index < -0.39 is 5.97 Å². The first-order valence-electron chi connectivity index (χ1n) is 4.59. The van der Waals surface area contributed by atoms with Crippen molar-refractivity contribution >= 4 is 39.3 Å². The molecule has 0 aliphatic heterocycles. The van der Waals surface area contributed by atoms with Crippen molar-refractivity contribution < 1.29 is 14.7 Å². The van der Waals surface area contributed by atoms with E-state index in [1.54, 1.807) is 18.2 Å². The molecule has 0 aromatic heterocycles. The number of carboxylic acid groups (broad SMARTS) is 1. The summed E-state index contributed by atoms with van der Waals surface area (Å²) >= 11 is 8.67. The molecule has 1 aromatic carbocycles. The Hall–Kier alpha value is -0.870. The molecule has 0 aliphatic rings. The maximum absolute atomic E-state index is 11.1. The molecule has 0 saturated heterocycles. The molecule has 3 nitrogen and oxygen atoms in total. The van der Waals surface area contributed by atoms with E-state index in [1.807, 2.05) is 0 Å². The van der Waals surface area contributed by atoms with E-state index in [1.165, 1.54) is 0 Å². The van der Waals surface area contributed by atoms with Gasteiger partial charge < -0.3 is 5.11 Å². The average Bonchev–Trinajstić information content (AvgIpc) is 2.22. The quantitative estimate of drug-likeness (QED) is 0.850. The Bertz CT molecular complexity index is 418. The van der Waals surface area contributed by atoms with Gasteiger partial charge in [0.25, 0.3) is 0 Å². The largest absolute Gasteiger partial charge is 0.481 e. The number of rotatable bonds is 5. The predicted octanol–water partition coefficient (Wildman–Crippen LogP) is 2.43.